The molecule has 244 valence electrons. The van der Waals surface area contributed by atoms with E-state index in [1.54, 1.807) is 0 Å². The first-order chi connectivity index (χ1) is 20.7. The van der Waals surface area contributed by atoms with E-state index in [1.807, 2.05) is 13.8 Å². The van der Waals surface area contributed by atoms with Gasteiger partial charge in [-0.25, -0.2) is 13.2 Å². The lowest BCUT2D eigenvalue weighted by Gasteiger charge is -2.41. The molecular weight excluding hydrogens is 603 g/mol. The van der Waals surface area contributed by atoms with Gasteiger partial charge in [-0.05, 0) is 80.0 Å². The number of hydrazine groups is 1. The molecule has 0 saturated carbocycles. The number of hydrogen-bond acceptors (Lipinski definition) is 6. The Morgan fingerprint density at radius 1 is 0.955 bits per heavy atom. The average molecular weight is 645 g/mol. The van der Waals surface area contributed by atoms with E-state index < -0.39 is 46.2 Å². The number of fused-ring (bicyclic) bond motifs is 1. The van der Waals surface area contributed by atoms with Crippen molar-refractivity contribution in [2.24, 2.45) is 29.6 Å². The second-order valence-corrected chi connectivity index (χ2v) is 14.8. The standard InChI is InChI=1S/C29H40F3N5O6S/c1-18-14-19(2)17-34(16-18)27(38)25-24-15-21(10-13-36(24)37(40)26(25)29(30,31)32)20-8-11-35(12-9-20)44(41,42)23-6-4-22(5-7-23)33-28(39)43-3/h4-7,18-21,24-26H,8-17H2,1-3H3/p+1. The molecule has 4 aliphatic rings. The van der Waals surface area contributed by atoms with Crippen LogP contribution in [0, 0.1) is 34.5 Å². The van der Waals surface area contributed by atoms with Crippen LogP contribution in [0.5, 0.6) is 0 Å². The molecule has 4 aliphatic heterocycles. The van der Waals surface area contributed by atoms with Crippen molar-refractivity contribution in [2.75, 3.05) is 45.2 Å². The van der Waals surface area contributed by atoms with Crippen LogP contribution in [0.3, 0.4) is 0 Å². The van der Waals surface area contributed by atoms with Gasteiger partial charge in [0.25, 0.3) is 0 Å². The molecule has 6 unspecified atom stereocenters. The Morgan fingerprint density at radius 2 is 1.55 bits per heavy atom. The summed E-state index contributed by atoms with van der Waals surface area (Å²) in [6.07, 6.45) is -2.78. The number of amides is 2. The van der Waals surface area contributed by atoms with Gasteiger partial charge in [-0.2, -0.15) is 17.5 Å². The number of benzene rings is 1. The van der Waals surface area contributed by atoms with Crippen LogP contribution in [0.4, 0.5) is 23.7 Å². The Morgan fingerprint density at radius 3 is 2.11 bits per heavy atom. The summed E-state index contributed by atoms with van der Waals surface area (Å²) in [5.41, 5.74) is 0.387. The van der Waals surface area contributed by atoms with Crippen molar-refractivity contribution in [1.82, 2.24) is 14.2 Å². The van der Waals surface area contributed by atoms with Crippen molar-refractivity contribution in [3.8, 4) is 0 Å². The van der Waals surface area contributed by atoms with E-state index in [1.165, 1.54) is 45.6 Å². The van der Waals surface area contributed by atoms with Gasteiger partial charge in [-0.15, -0.1) is 5.01 Å². The van der Waals surface area contributed by atoms with Gasteiger partial charge < -0.3 is 9.64 Å². The Balaban J connectivity index is 1.27. The van der Waals surface area contributed by atoms with Crippen molar-refractivity contribution in [3.05, 3.63) is 29.2 Å². The third-order valence-corrected chi connectivity index (χ3v) is 11.7. The molecule has 1 N–H and O–H groups in total. The lowest BCUT2D eigenvalue weighted by Crippen LogP contribution is -2.53. The Bertz CT molecular complexity index is 1340. The highest BCUT2D eigenvalue weighted by atomic mass is 32.2. The van der Waals surface area contributed by atoms with E-state index in [2.05, 4.69) is 10.1 Å². The molecule has 5 rings (SSSR count). The maximum absolute atomic E-state index is 14.3. The van der Waals surface area contributed by atoms with Crippen LogP contribution in [-0.4, -0.2) is 97.6 Å². The predicted molar refractivity (Wildman–Crippen MR) is 154 cm³/mol. The second kappa shape index (κ2) is 12.5. The number of halogens is 3. The predicted octanol–water partition coefficient (Wildman–Crippen LogP) is 4.11. The first-order valence-corrected chi connectivity index (χ1v) is 16.7. The molecule has 11 nitrogen and oxygen atoms in total. The van der Waals surface area contributed by atoms with Crippen LogP contribution in [0.1, 0.15) is 46.0 Å². The minimum Gasteiger partial charge on any atom is -0.453 e. The van der Waals surface area contributed by atoms with E-state index in [-0.39, 0.29) is 59.5 Å². The number of alkyl halides is 3. The molecule has 0 spiro atoms. The number of likely N-dealkylation sites (tertiary alicyclic amines) is 1. The van der Waals surface area contributed by atoms with Gasteiger partial charge in [-0.1, -0.05) is 13.8 Å². The zero-order valence-electron chi connectivity index (χ0n) is 25.2. The number of sulfonamides is 1. The largest absolute Gasteiger partial charge is 0.460 e. The van der Waals surface area contributed by atoms with Crippen molar-refractivity contribution in [2.45, 2.75) is 69.1 Å². The fourth-order valence-electron chi connectivity index (χ4n) is 7.82. The van der Waals surface area contributed by atoms with E-state index in [0.29, 0.717) is 38.0 Å². The summed E-state index contributed by atoms with van der Waals surface area (Å²) in [6, 6.07) is 2.51. The van der Waals surface area contributed by atoms with Gasteiger partial charge in [-0.3, -0.25) is 10.1 Å². The number of anilines is 1. The van der Waals surface area contributed by atoms with Crippen molar-refractivity contribution >= 4 is 27.7 Å². The zero-order chi connectivity index (χ0) is 32.0. The Hall–Kier alpha value is -2.94. The Labute approximate surface area is 255 Å². The molecule has 44 heavy (non-hydrogen) atoms. The number of piperidine rings is 3. The van der Waals surface area contributed by atoms with Crippen molar-refractivity contribution in [1.29, 1.82) is 0 Å². The van der Waals surface area contributed by atoms with Gasteiger partial charge in [0.15, 0.2) is 0 Å². The number of rotatable bonds is 5. The van der Waals surface area contributed by atoms with Crippen molar-refractivity contribution < 1.29 is 40.8 Å². The first kappa shape index (κ1) is 32.5. The van der Waals surface area contributed by atoms with E-state index in [4.69, 9.17) is 0 Å². The number of nitrogens with one attached hydrogen (secondary N) is 1. The minimum absolute atomic E-state index is 0.0153. The summed E-state index contributed by atoms with van der Waals surface area (Å²) in [6.45, 7) is 5.38. The third kappa shape index (κ3) is 6.40. The highest BCUT2D eigenvalue weighted by molar-refractivity contribution is 7.89. The third-order valence-electron chi connectivity index (χ3n) is 9.79. The summed E-state index contributed by atoms with van der Waals surface area (Å²) < 4.78 is 75.5. The van der Waals surface area contributed by atoms with Crippen LogP contribution in [0.25, 0.3) is 0 Å². The van der Waals surface area contributed by atoms with Gasteiger partial charge in [0, 0.05) is 31.9 Å². The lowest BCUT2D eigenvalue weighted by atomic mass is 9.74. The van der Waals surface area contributed by atoms with Gasteiger partial charge in [0.2, 0.25) is 15.9 Å². The maximum Gasteiger partial charge on any atom is 0.460 e. The van der Waals surface area contributed by atoms with Crippen LogP contribution >= 0.6 is 0 Å². The van der Waals surface area contributed by atoms with Gasteiger partial charge >= 0.3 is 18.3 Å². The molecule has 6 atom stereocenters. The molecule has 0 bridgehead atoms. The molecule has 2 amide bonds. The lowest BCUT2D eigenvalue weighted by molar-refractivity contribution is -0.735. The number of ether oxygens (including phenoxy) is 1. The number of nitroso groups, excluding NO2 is 1. The smallest absolute Gasteiger partial charge is 0.453 e. The number of methoxy groups -OCH3 is 1. The summed E-state index contributed by atoms with van der Waals surface area (Å²) in [7, 11) is -2.57. The maximum atomic E-state index is 14.3. The highest BCUT2D eigenvalue weighted by Crippen LogP contribution is 2.46. The average Bonchev–Trinajstić information content (AvgIpc) is 3.28. The zero-order valence-corrected chi connectivity index (χ0v) is 26.0. The molecule has 1 aromatic rings. The molecule has 4 saturated heterocycles. The Kier molecular flexibility index (Phi) is 9.18. The molecule has 0 radical (unpaired) electrons. The number of nitrogens with zero attached hydrogens (tertiary/aromatic N) is 4. The number of carbonyl (C=O) groups excluding carboxylic acids is 2. The minimum atomic E-state index is -4.85. The summed E-state index contributed by atoms with van der Waals surface area (Å²) >= 11 is 0. The van der Waals surface area contributed by atoms with Crippen LogP contribution in [0.2, 0.25) is 0 Å². The quantitative estimate of drug-likeness (QED) is 0.480. The number of carbonyl (C=O) groups is 2. The fourth-order valence-corrected chi connectivity index (χ4v) is 9.29. The fraction of sp³-hybridized carbons (Fsp3) is 0.724. The topological polar surface area (TPSA) is 119 Å². The summed E-state index contributed by atoms with van der Waals surface area (Å²) in [5, 5.41) is 3.69. The van der Waals surface area contributed by atoms with Crippen molar-refractivity contribution in [3.63, 3.8) is 0 Å². The molecule has 4 fully saturated rings. The van der Waals surface area contributed by atoms with Crippen LogP contribution in [-0.2, 0) is 19.6 Å². The van der Waals surface area contributed by atoms with Gasteiger partial charge in [0.1, 0.15) is 16.8 Å². The highest BCUT2D eigenvalue weighted by Gasteiger charge is 2.71. The SMILES string of the molecule is COC(=O)Nc1ccc(S(=O)(=O)N2CCC(C3CCN4C(C3)C(C(=O)N3CC(C)CC(C)C3)C(C(F)(F)F)[N+]4=O)CC2)cc1. The molecule has 0 aliphatic carbocycles. The monoisotopic (exact) mass is 644 g/mol. The van der Waals surface area contributed by atoms with E-state index in [9.17, 15) is 36.1 Å². The summed E-state index contributed by atoms with van der Waals surface area (Å²) in [4.78, 5) is 39.8. The molecule has 15 heteroatoms. The molecular formula is C29H41F3N5O6S+. The molecule has 1 aromatic carbocycles. The normalized spacial score (nSPS) is 30.6. The second-order valence-electron chi connectivity index (χ2n) is 12.9. The van der Waals surface area contributed by atoms with Crippen LogP contribution in [0.15, 0.2) is 29.2 Å². The molecule has 0 aromatic heterocycles. The van der Waals surface area contributed by atoms with E-state index in [0.717, 1.165) is 6.42 Å². The molecule has 4 heterocycles. The van der Waals surface area contributed by atoms with E-state index >= 15 is 0 Å². The first-order valence-electron chi connectivity index (χ1n) is 15.2. The van der Waals surface area contributed by atoms with Gasteiger partial charge in [0.05, 0.1) is 23.5 Å². The number of hydrogen-bond donors (Lipinski definition) is 1. The summed E-state index contributed by atoms with van der Waals surface area (Å²) in [5.74, 6) is -1.71. The van der Waals surface area contributed by atoms with Crippen LogP contribution < -0.4 is 5.32 Å².